The molecule has 1 aromatic heterocycles. The van der Waals surface area contributed by atoms with Crippen molar-refractivity contribution in [2.24, 2.45) is 28.6 Å². The lowest BCUT2D eigenvalue weighted by Gasteiger charge is -2.64. The molecule has 2 N–H and O–H groups in total. The van der Waals surface area contributed by atoms with E-state index < -0.39 is 5.60 Å². The first-order valence-electron chi connectivity index (χ1n) is 14.5. The fourth-order valence-corrected chi connectivity index (χ4v) is 9.99. The van der Waals surface area contributed by atoms with Gasteiger partial charge in [-0.05, 0) is 131 Å². The van der Waals surface area contributed by atoms with Gasteiger partial charge in [-0.2, -0.15) is 0 Å². The lowest BCUT2D eigenvalue weighted by molar-refractivity contribution is -0.202. The maximum atomic E-state index is 12.4. The molecule has 5 fully saturated rings. The van der Waals surface area contributed by atoms with Crippen LogP contribution in [0.3, 0.4) is 0 Å². The SMILES string of the molecule is CN1CCC(N[C@H]2CC[C@@]3(C)[C@H](CC[C@@H]4[C@@H]3CC[C@]3(C)[C@@H](c5ccc(=O)oc5)CC[C@]43O)C2)CC1. The zero-order valence-electron chi connectivity index (χ0n) is 22.1. The van der Waals surface area contributed by atoms with Gasteiger partial charge in [0.2, 0.25) is 0 Å². The molecule has 0 spiro atoms. The number of fused-ring (bicyclic) bond motifs is 5. The maximum Gasteiger partial charge on any atom is 0.335 e. The van der Waals surface area contributed by atoms with Crippen LogP contribution in [0.4, 0.5) is 0 Å². The number of likely N-dealkylation sites (tertiary alicyclic amines) is 1. The molecule has 0 unspecified atom stereocenters. The van der Waals surface area contributed by atoms with Crippen molar-refractivity contribution in [2.75, 3.05) is 20.1 Å². The van der Waals surface area contributed by atoms with E-state index in [0.717, 1.165) is 30.7 Å². The number of hydrogen-bond acceptors (Lipinski definition) is 5. The summed E-state index contributed by atoms with van der Waals surface area (Å²) in [6.07, 6.45) is 14.8. The second kappa shape index (κ2) is 8.70. The average Bonchev–Trinajstić information content (AvgIpc) is 3.12. The minimum atomic E-state index is -0.603. The van der Waals surface area contributed by atoms with Gasteiger partial charge in [0.1, 0.15) is 0 Å². The fourth-order valence-electron chi connectivity index (χ4n) is 9.99. The predicted molar refractivity (Wildman–Crippen MR) is 138 cm³/mol. The van der Waals surface area contributed by atoms with E-state index >= 15 is 0 Å². The normalized spacial score (nSPS) is 46.6. The summed E-state index contributed by atoms with van der Waals surface area (Å²) >= 11 is 0. The lowest BCUT2D eigenvalue weighted by Crippen LogP contribution is -2.62. The van der Waals surface area contributed by atoms with Crippen LogP contribution in [-0.4, -0.2) is 47.8 Å². The molecule has 0 amide bonds. The summed E-state index contributed by atoms with van der Waals surface area (Å²) in [6.45, 7) is 7.37. The third-order valence-corrected chi connectivity index (χ3v) is 12.2. The maximum absolute atomic E-state index is 12.4. The molecule has 5 nitrogen and oxygen atoms in total. The molecule has 5 heteroatoms. The minimum absolute atomic E-state index is 0.135. The molecule has 4 aliphatic carbocycles. The predicted octanol–water partition coefficient (Wildman–Crippen LogP) is 4.93. The van der Waals surface area contributed by atoms with Gasteiger partial charge in [-0.1, -0.05) is 13.8 Å². The van der Waals surface area contributed by atoms with Gasteiger partial charge in [0.25, 0.3) is 0 Å². The van der Waals surface area contributed by atoms with Crippen molar-refractivity contribution >= 4 is 0 Å². The second-order valence-corrected chi connectivity index (χ2v) is 13.6. The summed E-state index contributed by atoms with van der Waals surface area (Å²) in [7, 11) is 2.24. The minimum Gasteiger partial charge on any atom is -0.431 e. The average molecular weight is 483 g/mol. The zero-order chi connectivity index (χ0) is 24.4. The van der Waals surface area contributed by atoms with E-state index in [9.17, 15) is 9.90 Å². The Morgan fingerprint density at radius 3 is 2.49 bits per heavy atom. The number of piperidine rings is 1. The van der Waals surface area contributed by atoms with Crippen LogP contribution in [0.2, 0.25) is 0 Å². The van der Waals surface area contributed by atoms with Crippen LogP contribution in [0.5, 0.6) is 0 Å². The number of nitrogens with zero attached hydrogens (tertiary/aromatic N) is 1. The monoisotopic (exact) mass is 482 g/mol. The van der Waals surface area contributed by atoms with Gasteiger partial charge in [-0.15, -0.1) is 0 Å². The highest BCUT2D eigenvalue weighted by Crippen LogP contribution is 2.70. The molecule has 194 valence electrons. The quantitative estimate of drug-likeness (QED) is 0.639. The van der Waals surface area contributed by atoms with Crippen molar-refractivity contribution in [3.05, 3.63) is 34.4 Å². The van der Waals surface area contributed by atoms with Crippen molar-refractivity contribution in [2.45, 2.75) is 108 Å². The van der Waals surface area contributed by atoms with Crippen molar-refractivity contribution in [1.29, 1.82) is 0 Å². The Kier molecular flexibility index (Phi) is 6.01. The summed E-state index contributed by atoms with van der Waals surface area (Å²) in [5, 5.41) is 16.5. The Bertz CT molecular complexity index is 966. The van der Waals surface area contributed by atoms with Crippen molar-refractivity contribution in [1.82, 2.24) is 10.2 Å². The fraction of sp³-hybridized carbons (Fsp3) is 0.833. The Balaban J connectivity index is 1.18. The molecule has 0 aromatic carbocycles. The second-order valence-electron chi connectivity index (χ2n) is 13.6. The number of nitrogens with one attached hydrogen (secondary N) is 1. The van der Waals surface area contributed by atoms with Crippen molar-refractivity contribution in [3.8, 4) is 0 Å². The van der Waals surface area contributed by atoms with Gasteiger partial charge in [0.15, 0.2) is 0 Å². The molecule has 4 saturated carbocycles. The Labute approximate surface area is 211 Å². The smallest absolute Gasteiger partial charge is 0.335 e. The Morgan fingerprint density at radius 2 is 1.74 bits per heavy atom. The number of aliphatic hydroxyl groups is 1. The van der Waals surface area contributed by atoms with Crippen LogP contribution in [-0.2, 0) is 0 Å². The first-order valence-corrected chi connectivity index (χ1v) is 14.5. The van der Waals surface area contributed by atoms with E-state index in [-0.39, 0.29) is 17.0 Å². The van der Waals surface area contributed by atoms with Gasteiger partial charge < -0.3 is 19.7 Å². The third-order valence-electron chi connectivity index (χ3n) is 12.2. The summed E-state index contributed by atoms with van der Waals surface area (Å²) in [5.74, 6) is 2.10. The van der Waals surface area contributed by atoms with Crippen LogP contribution in [0.25, 0.3) is 0 Å². The van der Waals surface area contributed by atoms with Crippen LogP contribution in [0, 0.1) is 28.6 Å². The molecule has 8 atom stereocenters. The van der Waals surface area contributed by atoms with Crippen LogP contribution >= 0.6 is 0 Å². The highest BCUT2D eigenvalue weighted by Gasteiger charge is 2.67. The van der Waals surface area contributed by atoms with Gasteiger partial charge in [0, 0.05) is 23.6 Å². The topological polar surface area (TPSA) is 65.7 Å². The highest BCUT2D eigenvalue weighted by atomic mass is 16.4. The van der Waals surface area contributed by atoms with E-state index in [2.05, 4.69) is 31.1 Å². The summed E-state index contributed by atoms with van der Waals surface area (Å²) < 4.78 is 5.25. The Hall–Kier alpha value is -1.17. The number of hydrogen-bond donors (Lipinski definition) is 2. The highest BCUT2D eigenvalue weighted by molar-refractivity contribution is 5.27. The van der Waals surface area contributed by atoms with Crippen molar-refractivity contribution < 1.29 is 9.52 Å². The van der Waals surface area contributed by atoms with E-state index in [1.165, 1.54) is 64.5 Å². The molecular weight excluding hydrogens is 436 g/mol. The molecule has 5 aliphatic rings. The van der Waals surface area contributed by atoms with Crippen LogP contribution in [0.1, 0.15) is 96.0 Å². The number of rotatable bonds is 3. The molecule has 6 rings (SSSR count). The summed E-state index contributed by atoms with van der Waals surface area (Å²) in [6, 6.07) is 4.87. The summed E-state index contributed by atoms with van der Waals surface area (Å²) in [5.41, 5.74) is 0.436. The standard InChI is InChI=1S/C30H46N2O3/c1-28-13-8-23(31-22-11-16-32(3)17-12-22)18-21(28)5-6-26-25(28)9-14-29(2)24(10-15-30(26,29)34)20-4-7-27(33)35-19-20/h4,7,19,21-26,31,34H,5-6,8-18H2,1-3H3/t21-,23+,24-,25+,26-,28+,29-,30+/m1/s1. The van der Waals surface area contributed by atoms with Gasteiger partial charge >= 0.3 is 5.63 Å². The van der Waals surface area contributed by atoms with E-state index in [1.807, 2.05) is 6.07 Å². The van der Waals surface area contributed by atoms with E-state index in [1.54, 1.807) is 12.3 Å². The molecule has 1 aromatic rings. The summed E-state index contributed by atoms with van der Waals surface area (Å²) in [4.78, 5) is 14.0. The first kappa shape index (κ1) is 24.2. The molecule has 1 aliphatic heterocycles. The first-order chi connectivity index (χ1) is 16.7. The zero-order valence-corrected chi connectivity index (χ0v) is 22.1. The van der Waals surface area contributed by atoms with Crippen molar-refractivity contribution in [3.63, 3.8) is 0 Å². The lowest BCUT2D eigenvalue weighted by atomic mass is 9.43. The molecule has 35 heavy (non-hydrogen) atoms. The molecule has 0 bridgehead atoms. The molecular formula is C30H46N2O3. The molecule has 0 radical (unpaired) electrons. The van der Waals surface area contributed by atoms with E-state index in [4.69, 9.17) is 4.42 Å². The van der Waals surface area contributed by atoms with Gasteiger partial charge in [-0.25, -0.2) is 4.79 Å². The third kappa shape index (κ3) is 3.78. The largest absolute Gasteiger partial charge is 0.431 e. The molecule has 1 saturated heterocycles. The van der Waals surface area contributed by atoms with Crippen LogP contribution in [0.15, 0.2) is 27.6 Å². The Morgan fingerprint density at radius 1 is 0.943 bits per heavy atom. The van der Waals surface area contributed by atoms with Gasteiger partial charge in [-0.3, -0.25) is 0 Å². The molecule has 2 heterocycles. The van der Waals surface area contributed by atoms with Crippen LogP contribution < -0.4 is 10.9 Å². The van der Waals surface area contributed by atoms with Gasteiger partial charge in [0.05, 0.1) is 11.9 Å². The van der Waals surface area contributed by atoms with E-state index in [0.29, 0.717) is 29.3 Å².